The number of benzene rings is 1. The third kappa shape index (κ3) is 3.40. The normalized spacial score (nSPS) is 11.4. The molecule has 0 saturated heterocycles. The average Bonchev–Trinajstić information content (AvgIpc) is 2.21. The van der Waals surface area contributed by atoms with Crippen molar-refractivity contribution < 1.29 is 4.39 Å². The van der Waals surface area contributed by atoms with E-state index in [-0.39, 0.29) is 11.8 Å². The fourth-order valence-corrected chi connectivity index (χ4v) is 1.00. The lowest BCUT2D eigenvalue weighted by atomic mass is 10.1. The number of hydrazine groups is 1. The molecule has 0 aromatic heterocycles. The van der Waals surface area contributed by atoms with Crippen LogP contribution in [0.4, 0.5) is 4.39 Å². The summed E-state index contributed by atoms with van der Waals surface area (Å²) in [6.45, 7) is 0.529. The van der Waals surface area contributed by atoms with E-state index in [1.807, 2.05) is 0 Å². The van der Waals surface area contributed by atoms with E-state index in [0.717, 1.165) is 5.56 Å². The lowest BCUT2D eigenvalue weighted by Crippen LogP contribution is -2.37. The second-order valence-electron chi connectivity index (χ2n) is 2.79. The molecule has 0 aliphatic heterocycles. The molecule has 5 heteroatoms. The Balaban J connectivity index is 2.42. The van der Waals surface area contributed by atoms with Gasteiger partial charge in [0.15, 0.2) is 0 Å². The number of nitrogens with one attached hydrogen (secondary N) is 1. The van der Waals surface area contributed by atoms with Crippen LogP contribution in [0.25, 0.3) is 0 Å². The summed E-state index contributed by atoms with van der Waals surface area (Å²) in [5, 5.41) is 0. The van der Waals surface area contributed by atoms with E-state index < -0.39 is 0 Å². The predicted octanol–water partition coefficient (Wildman–Crippen LogP) is 0.146. The Morgan fingerprint density at radius 3 is 2.57 bits per heavy atom. The summed E-state index contributed by atoms with van der Waals surface area (Å²) in [6, 6.07) is 6.28. The molecule has 5 N–H and O–H groups in total. The third-order valence-electron chi connectivity index (χ3n) is 1.74. The van der Waals surface area contributed by atoms with Crippen LogP contribution in [0.5, 0.6) is 0 Å². The van der Waals surface area contributed by atoms with Gasteiger partial charge in [-0.25, -0.2) is 10.2 Å². The first-order chi connectivity index (χ1) is 6.72. The first kappa shape index (κ1) is 10.5. The van der Waals surface area contributed by atoms with Crippen LogP contribution >= 0.6 is 0 Å². The van der Waals surface area contributed by atoms with Crippen LogP contribution in [0, 0.1) is 5.82 Å². The van der Waals surface area contributed by atoms with Gasteiger partial charge < -0.3 is 5.73 Å². The molecule has 0 unspecified atom stereocenters. The van der Waals surface area contributed by atoms with Crippen molar-refractivity contribution >= 4 is 5.96 Å². The minimum atomic E-state index is -0.236. The highest BCUT2D eigenvalue weighted by Gasteiger charge is 1.93. The maximum absolute atomic E-state index is 12.5. The Morgan fingerprint density at radius 1 is 1.36 bits per heavy atom. The number of halogens is 1. The molecule has 0 aliphatic carbocycles. The SMILES string of the molecule is NNC(N)=NCCc1ccc(F)cc1. The Hall–Kier alpha value is -1.62. The zero-order valence-corrected chi connectivity index (χ0v) is 7.70. The summed E-state index contributed by atoms with van der Waals surface area (Å²) in [5.74, 6) is 4.98. The van der Waals surface area contributed by atoms with Crippen molar-refractivity contribution in [1.29, 1.82) is 0 Å². The van der Waals surface area contributed by atoms with Gasteiger partial charge in [0.2, 0.25) is 5.96 Å². The van der Waals surface area contributed by atoms with Crippen LogP contribution in [0.2, 0.25) is 0 Å². The number of hydrogen-bond donors (Lipinski definition) is 3. The lowest BCUT2D eigenvalue weighted by molar-refractivity contribution is 0.627. The molecule has 0 saturated carbocycles. The van der Waals surface area contributed by atoms with Gasteiger partial charge in [-0.15, -0.1) is 0 Å². The van der Waals surface area contributed by atoms with Gasteiger partial charge in [-0.05, 0) is 24.1 Å². The van der Waals surface area contributed by atoms with E-state index in [2.05, 4.69) is 10.4 Å². The van der Waals surface area contributed by atoms with Crippen molar-refractivity contribution in [1.82, 2.24) is 5.43 Å². The van der Waals surface area contributed by atoms with Crippen molar-refractivity contribution in [3.63, 3.8) is 0 Å². The highest BCUT2D eigenvalue weighted by atomic mass is 19.1. The molecule has 14 heavy (non-hydrogen) atoms. The van der Waals surface area contributed by atoms with Crippen molar-refractivity contribution in [2.24, 2.45) is 16.6 Å². The monoisotopic (exact) mass is 196 g/mol. The standard InChI is InChI=1S/C9H13FN4/c10-8-3-1-7(2-4-8)5-6-13-9(11)14-12/h1-4H,5-6,12H2,(H3,11,13,14). The summed E-state index contributed by atoms with van der Waals surface area (Å²) in [4.78, 5) is 3.92. The van der Waals surface area contributed by atoms with Crippen LogP contribution in [0.1, 0.15) is 5.56 Å². The first-order valence-corrected chi connectivity index (χ1v) is 4.23. The number of guanidine groups is 1. The van der Waals surface area contributed by atoms with Gasteiger partial charge in [0.1, 0.15) is 5.82 Å². The van der Waals surface area contributed by atoms with E-state index in [1.165, 1.54) is 12.1 Å². The Morgan fingerprint density at radius 2 is 2.00 bits per heavy atom. The van der Waals surface area contributed by atoms with Gasteiger partial charge in [-0.3, -0.25) is 10.4 Å². The second-order valence-corrected chi connectivity index (χ2v) is 2.79. The summed E-state index contributed by atoms with van der Waals surface area (Å²) >= 11 is 0. The van der Waals surface area contributed by atoms with Gasteiger partial charge in [0.25, 0.3) is 0 Å². The molecular weight excluding hydrogens is 183 g/mol. The van der Waals surface area contributed by atoms with Gasteiger partial charge in [0, 0.05) is 6.54 Å². The molecule has 76 valence electrons. The molecule has 0 fully saturated rings. The average molecular weight is 196 g/mol. The van der Waals surface area contributed by atoms with Crippen LogP contribution < -0.4 is 17.0 Å². The van der Waals surface area contributed by atoms with Crippen LogP contribution in [-0.2, 0) is 6.42 Å². The zero-order valence-electron chi connectivity index (χ0n) is 7.70. The van der Waals surface area contributed by atoms with E-state index >= 15 is 0 Å². The van der Waals surface area contributed by atoms with Gasteiger partial charge in [-0.2, -0.15) is 0 Å². The van der Waals surface area contributed by atoms with E-state index in [4.69, 9.17) is 11.6 Å². The number of rotatable bonds is 3. The molecule has 0 heterocycles. The van der Waals surface area contributed by atoms with E-state index in [0.29, 0.717) is 13.0 Å². The number of nitrogens with zero attached hydrogens (tertiary/aromatic N) is 1. The number of nitrogens with two attached hydrogens (primary N) is 2. The maximum atomic E-state index is 12.5. The van der Waals surface area contributed by atoms with Crippen LogP contribution in [0.3, 0.4) is 0 Å². The third-order valence-corrected chi connectivity index (χ3v) is 1.74. The molecule has 0 bridgehead atoms. The van der Waals surface area contributed by atoms with Crippen LogP contribution in [0.15, 0.2) is 29.3 Å². The molecule has 1 aromatic rings. The topological polar surface area (TPSA) is 76.4 Å². The molecule has 0 spiro atoms. The van der Waals surface area contributed by atoms with Crippen molar-refractivity contribution in [3.05, 3.63) is 35.6 Å². The zero-order chi connectivity index (χ0) is 10.4. The molecule has 0 radical (unpaired) electrons. The molecule has 1 aromatic carbocycles. The molecular formula is C9H13FN4. The molecule has 0 aliphatic rings. The van der Waals surface area contributed by atoms with Gasteiger partial charge >= 0.3 is 0 Å². The molecule has 4 nitrogen and oxygen atoms in total. The summed E-state index contributed by atoms with van der Waals surface area (Å²) in [5.41, 5.74) is 8.56. The molecule has 0 amide bonds. The fourth-order valence-electron chi connectivity index (χ4n) is 1.00. The van der Waals surface area contributed by atoms with Crippen LogP contribution in [-0.4, -0.2) is 12.5 Å². The molecule has 1 rings (SSSR count). The summed E-state index contributed by atoms with van der Waals surface area (Å²) in [7, 11) is 0. The minimum absolute atomic E-state index is 0.201. The van der Waals surface area contributed by atoms with Crippen molar-refractivity contribution in [2.75, 3.05) is 6.54 Å². The Bertz CT molecular complexity index is 307. The van der Waals surface area contributed by atoms with Gasteiger partial charge in [-0.1, -0.05) is 12.1 Å². The Kier molecular flexibility index (Phi) is 3.87. The quantitative estimate of drug-likeness (QED) is 0.279. The Labute approximate surface area is 81.8 Å². The van der Waals surface area contributed by atoms with Crippen molar-refractivity contribution in [2.45, 2.75) is 6.42 Å². The lowest BCUT2D eigenvalue weighted by Gasteiger charge is -1.99. The maximum Gasteiger partial charge on any atom is 0.203 e. The number of aliphatic imine (C=N–C) groups is 1. The van der Waals surface area contributed by atoms with Crippen molar-refractivity contribution in [3.8, 4) is 0 Å². The number of hydrogen-bond acceptors (Lipinski definition) is 2. The largest absolute Gasteiger partial charge is 0.369 e. The summed E-state index contributed by atoms with van der Waals surface area (Å²) < 4.78 is 12.5. The fraction of sp³-hybridized carbons (Fsp3) is 0.222. The highest BCUT2D eigenvalue weighted by Crippen LogP contribution is 2.03. The summed E-state index contributed by atoms with van der Waals surface area (Å²) in [6.07, 6.45) is 0.711. The van der Waals surface area contributed by atoms with Gasteiger partial charge in [0.05, 0.1) is 0 Å². The predicted molar refractivity (Wildman–Crippen MR) is 53.9 cm³/mol. The second kappa shape index (κ2) is 5.18. The highest BCUT2D eigenvalue weighted by molar-refractivity contribution is 5.77. The first-order valence-electron chi connectivity index (χ1n) is 4.23. The van der Waals surface area contributed by atoms with E-state index in [1.54, 1.807) is 12.1 Å². The smallest absolute Gasteiger partial charge is 0.203 e. The van der Waals surface area contributed by atoms with E-state index in [9.17, 15) is 4.39 Å². The minimum Gasteiger partial charge on any atom is -0.369 e. The molecule has 0 atom stereocenters.